The third-order valence-corrected chi connectivity index (χ3v) is 5.34. The highest BCUT2D eigenvalue weighted by atomic mass is 16.6. The highest BCUT2D eigenvalue weighted by Gasteiger charge is 2.27. The molecule has 0 spiro atoms. The standard InChI is InChI=1S/C24H29N3O2/c1-24(2,3)29-23(28)27-13-12-22-20(15-27)19-14-17(8-11-21(19)25-22)16-6-9-18(10-7-16)26(4)5/h6-11,14,25H,12-13,15H2,1-5H3. The SMILES string of the molecule is CN(C)c1ccc(-c2ccc3[nH]c4c(c3c2)CN(C(=O)OC(C)(C)C)CC4)cc1. The number of fused-ring (bicyclic) bond motifs is 3. The number of aromatic amines is 1. The molecule has 3 aromatic rings. The fraction of sp³-hybridized carbons (Fsp3) is 0.375. The van der Waals surface area contributed by atoms with Gasteiger partial charge in [0, 0.05) is 54.9 Å². The first kappa shape index (κ1) is 19.4. The number of hydrogen-bond donors (Lipinski definition) is 1. The topological polar surface area (TPSA) is 48.6 Å². The molecular weight excluding hydrogens is 362 g/mol. The van der Waals surface area contributed by atoms with Gasteiger partial charge in [-0.05, 0) is 56.2 Å². The van der Waals surface area contributed by atoms with Gasteiger partial charge >= 0.3 is 6.09 Å². The van der Waals surface area contributed by atoms with Crippen molar-refractivity contribution in [3.63, 3.8) is 0 Å². The highest BCUT2D eigenvalue weighted by molar-refractivity contribution is 5.90. The summed E-state index contributed by atoms with van der Waals surface area (Å²) in [5.74, 6) is 0. The van der Waals surface area contributed by atoms with Gasteiger partial charge in [0.1, 0.15) is 5.60 Å². The summed E-state index contributed by atoms with van der Waals surface area (Å²) in [6.07, 6.45) is 0.573. The number of nitrogens with one attached hydrogen (secondary N) is 1. The van der Waals surface area contributed by atoms with Crippen LogP contribution in [0.25, 0.3) is 22.0 Å². The molecule has 0 saturated carbocycles. The van der Waals surface area contributed by atoms with Gasteiger partial charge in [-0.25, -0.2) is 4.79 Å². The van der Waals surface area contributed by atoms with Crippen molar-refractivity contribution < 1.29 is 9.53 Å². The van der Waals surface area contributed by atoms with Crippen molar-refractivity contribution in [3.05, 3.63) is 53.7 Å². The Morgan fingerprint density at radius 2 is 1.76 bits per heavy atom. The lowest BCUT2D eigenvalue weighted by molar-refractivity contribution is 0.0224. The fourth-order valence-corrected chi connectivity index (χ4v) is 3.83. The zero-order valence-corrected chi connectivity index (χ0v) is 17.9. The van der Waals surface area contributed by atoms with E-state index in [0.29, 0.717) is 13.1 Å². The van der Waals surface area contributed by atoms with Crippen molar-refractivity contribution in [1.29, 1.82) is 0 Å². The summed E-state index contributed by atoms with van der Waals surface area (Å²) in [6.45, 7) is 6.96. The van der Waals surface area contributed by atoms with Crippen LogP contribution in [-0.4, -0.2) is 42.2 Å². The van der Waals surface area contributed by atoms with E-state index in [1.807, 2.05) is 34.9 Å². The molecule has 1 aromatic heterocycles. The molecule has 5 heteroatoms. The molecule has 0 aliphatic carbocycles. The molecule has 0 unspecified atom stereocenters. The highest BCUT2D eigenvalue weighted by Crippen LogP contribution is 2.32. The minimum Gasteiger partial charge on any atom is -0.444 e. The first-order valence-corrected chi connectivity index (χ1v) is 10.1. The van der Waals surface area contributed by atoms with Crippen molar-refractivity contribution in [2.45, 2.75) is 39.3 Å². The van der Waals surface area contributed by atoms with E-state index in [4.69, 9.17) is 4.74 Å². The maximum Gasteiger partial charge on any atom is 0.410 e. The Morgan fingerprint density at radius 1 is 1.07 bits per heavy atom. The van der Waals surface area contributed by atoms with Gasteiger partial charge in [0.25, 0.3) is 0 Å². The molecule has 0 fully saturated rings. The molecular formula is C24H29N3O2. The number of ether oxygens (including phenoxy) is 1. The summed E-state index contributed by atoms with van der Waals surface area (Å²) in [4.78, 5) is 20.0. The normalized spacial score (nSPS) is 14.0. The molecule has 1 N–H and O–H groups in total. The van der Waals surface area contributed by atoms with Crippen LogP contribution in [0.2, 0.25) is 0 Å². The van der Waals surface area contributed by atoms with Crippen molar-refractivity contribution in [1.82, 2.24) is 9.88 Å². The number of amides is 1. The number of hydrogen-bond acceptors (Lipinski definition) is 3. The second-order valence-electron chi connectivity index (χ2n) is 8.94. The molecule has 1 amide bonds. The molecule has 0 atom stereocenters. The van der Waals surface area contributed by atoms with Crippen LogP contribution >= 0.6 is 0 Å². The van der Waals surface area contributed by atoms with E-state index in [1.165, 1.54) is 33.5 Å². The maximum absolute atomic E-state index is 12.5. The van der Waals surface area contributed by atoms with Crippen molar-refractivity contribution in [2.75, 3.05) is 25.5 Å². The molecule has 152 valence electrons. The first-order chi connectivity index (χ1) is 13.7. The van der Waals surface area contributed by atoms with Crippen molar-refractivity contribution in [3.8, 4) is 11.1 Å². The van der Waals surface area contributed by atoms with Crippen LogP contribution < -0.4 is 4.90 Å². The van der Waals surface area contributed by atoms with Gasteiger partial charge in [-0.1, -0.05) is 18.2 Å². The first-order valence-electron chi connectivity index (χ1n) is 10.1. The third kappa shape index (κ3) is 3.95. The number of rotatable bonds is 2. The Balaban J connectivity index is 1.65. The van der Waals surface area contributed by atoms with E-state index in [9.17, 15) is 4.79 Å². The second kappa shape index (κ2) is 7.14. The molecule has 0 radical (unpaired) electrons. The Hall–Kier alpha value is -2.95. The quantitative estimate of drug-likeness (QED) is 0.654. The van der Waals surface area contributed by atoms with Crippen molar-refractivity contribution in [2.24, 2.45) is 0 Å². The van der Waals surface area contributed by atoms with E-state index >= 15 is 0 Å². The van der Waals surface area contributed by atoms with Crippen LogP contribution in [0.3, 0.4) is 0 Å². The van der Waals surface area contributed by atoms with Crippen molar-refractivity contribution >= 4 is 22.7 Å². The van der Waals surface area contributed by atoms with Crippen LogP contribution in [0.15, 0.2) is 42.5 Å². The Morgan fingerprint density at radius 3 is 2.41 bits per heavy atom. The fourth-order valence-electron chi connectivity index (χ4n) is 3.83. The van der Waals surface area contributed by atoms with E-state index in [1.54, 1.807) is 4.90 Å². The van der Waals surface area contributed by atoms with Gasteiger partial charge in [0.05, 0.1) is 6.54 Å². The molecule has 5 nitrogen and oxygen atoms in total. The number of benzene rings is 2. The Bertz CT molecular complexity index is 1040. The molecule has 4 rings (SSSR count). The minimum absolute atomic E-state index is 0.243. The van der Waals surface area contributed by atoms with E-state index < -0.39 is 5.60 Å². The smallest absolute Gasteiger partial charge is 0.410 e. The lowest BCUT2D eigenvalue weighted by Gasteiger charge is -2.30. The monoisotopic (exact) mass is 391 g/mol. The molecule has 0 saturated heterocycles. The predicted molar refractivity (Wildman–Crippen MR) is 118 cm³/mol. The molecule has 29 heavy (non-hydrogen) atoms. The van der Waals surface area contributed by atoms with Gasteiger partial charge < -0.3 is 19.5 Å². The molecule has 1 aliphatic rings. The maximum atomic E-state index is 12.5. The summed E-state index contributed by atoms with van der Waals surface area (Å²) in [6, 6.07) is 15.1. The van der Waals surface area contributed by atoms with Crippen LogP contribution in [0.1, 0.15) is 32.0 Å². The number of aromatic nitrogens is 1. The molecule has 2 aromatic carbocycles. The Kier molecular flexibility index (Phi) is 4.77. The van der Waals surface area contributed by atoms with E-state index in [-0.39, 0.29) is 6.09 Å². The number of H-pyrrole nitrogens is 1. The zero-order valence-electron chi connectivity index (χ0n) is 17.9. The molecule has 0 bridgehead atoms. The lowest BCUT2D eigenvalue weighted by Crippen LogP contribution is -2.39. The average molecular weight is 392 g/mol. The van der Waals surface area contributed by atoms with Gasteiger partial charge in [-0.15, -0.1) is 0 Å². The minimum atomic E-state index is -0.483. The molecule has 2 heterocycles. The summed E-state index contributed by atoms with van der Waals surface area (Å²) in [5, 5.41) is 1.18. The largest absolute Gasteiger partial charge is 0.444 e. The predicted octanol–water partition coefficient (Wildman–Crippen LogP) is 5.19. The van der Waals surface area contributed by atoms with E-state index in [2.05, 4.69) is 52.3 Å². The summed E-state index contributed by atoms with van der Waals surface area (Å²) < 4.78 is 5.58. The van der Waals surface area contributed by atoms with Gasteiger partial charge in [0.2, 0.25) is 0 Å². The van der Waals surface area contributed by atoms with Gasteiger partial charge in [-0.2, -0.15) is 0 Å². The zero-order chi connectivity index (χ0) is 20.8. The van der Waals surface area contributed by atoms with Crippen LogP contribution in [0.5, 0.6) is 0 Å². The van der Waals surface area contributed by atoms with Gasteiger partial charge in [-0.3, -0.25) is 0 Å². The number of carbonyl (C=O) groups excluding carboxylic acids is 1. The van der Waals surface area contributed by atoms with Crippen LogP contribution in [0, 0.1) is 0 Å². The van der Waals surface area contributed by atoms with Crippen LogP contribution in [0.4, 0.5) is 10.5 Å². The average Bonchev–Trinajstić information content (AvgIpc) is 3.03. The number of anilines is 1. The third-order valence-electron chi connectivity index (χ3n) is 5.34. The van der Waals surface area contributed by atoms with E-state index in [0.717, 1.165) is 11.9 Å². The second-order valence-corrected chi connectivity index (χ2v) is 8.94. The lowest BCUT2D eigenvalue weighted by atomic mass is 10.00. The number of carbonyl (C=O) groups is 1. The summed E-state index contributed by atoms with van der Waals surface area (Å²) in [7, 11) is 4.09. The summed E-state index contributed by atoms with van der Waals surface area (Å²) >= 11 is 0. The number of nitrogens with zero attached hydrogens (tertiary/aromatic N) is 2. The molecule has 1 aliphatic heterocycles. The Labute approximate surface area is 172 Å². The summed E-state index contributed by atoms with van der Waals surface area (Å²) in [5.41, 5.74) is 6.61. The van der Waals surface area contributed by atoms with Crippen LogP contribution in [-0.2, 0) is 17.7 Å². The van der Waals surface area contributed by atoms with Gasteiger partial charge in [0.15, 0.2) is 0 Å².